The Bertz CT molecular complexity index is 902. The van der Waals surface area contributed by atoms with Crippen molar-refractivity contribution in [3.05, 3.63) is 54.1 Å². The molecule has 0 atom stereocenters. The summed E-state index contributed by atoms with van der Waals surface area (Å²) in [6.45, 7) is -0.385. The van der Waals surface area contributed by atoms with Crippen molar-refractivity contribution >= 4 is 17.5 Å². The molecule has 31 heavy (non-hydrogen) atoms. The molecule has 1 saturated heterocycles. The van der Waals surface area contributed by atoms with Crippen LogP contribution >= 0.6 is 0 Å². The molecular formula is C22H25F2N3O4. The van der Waals surface area contributed by atoms with E-state index in [0.717, 1.165) is 0 Å². The second-order valence-electron chi connectivity index (χ2n) is 7.01. The quantitative estimate of drug-likeness (QED) is 0.693. The Labute approximate surface area is 179 Å². The van der Waals surface area contributed by atoms with Crippen LogP contribution in [0.15, 0.2) is 48.5 Å². The van der Waals surface area contributed by atoms with Crippen LogP contribution in [0.5, 0.6) is 11.5 Å². The number of nitrogens with one attached hydrogen (secondary N) is 1. The summed E-state index contributed by atoms with van der Waals surface area (Å²) >= 11 is 0. The Morgan fingerprint density at radius 1 is 1.00 bits per heavy atom. The zero-order chi connectivity index (χ0) is 22.2. The van der Waals surface area contributed by atoms with Gasteiger partial charge in [0, 0.05) is 39.1 Å². The number of halogens is 2. The van der Waals surface area contributed by atoms with Crippen LogP contribution in [0.3, 0.4) is 0 Å². The highest BCUT2D eigenvalue weighted by Gasteiger charge is 2.25. The third-order valence-corrected chi connectivity index (χ3v) is 5.03. The minimum Gasteiger partial charge on any atom is -0.495 e. The van der Waals surface area contributed by atoms with E-state index in [1.54, 1.807) is 36.3 Å². The van der Waals surface area contributed by atoms with Gasteiger partial charge in [-0.15, -0.1) is 0 Å². The lowest BCUT2D eigenvalue weighted by Crippen LogP contribution is -2.49. The number of carbonyl (C=O) groups excluding carboxylic acids is 2. The number of anilines is 1. The van der Waals surface area contributed by atoms with Crippen LogP contribution in [0.2, 0.25) is 0 Å². The minimum absolute atomic E-state index is 0.118. The average molecular weight is 433 g/mol. The van der Waals surface area contributed by atoms with E-state index in [1.807, 2.05) is 12.1 Å². The summed E-state index contributed by atoms with van der Waals surface area (Å²) in [7, 11) is 1.55. The molecule has 166 valence electrons. The number of hydrogen-bond acceptors (Lipinski definition) is 5. The summed E-state index contributed by atoms with van der Waals surface area (Å²) in [6.07, 6.45) is 0.303. The number of para-hydroxylation sites is 3. The number of alkyl halides is 2. The number of ether oxygens (including phenoxy) is 2. The molecular weight excluding hydrogens is 408 g/mol. The van der Waals surface area contributed by atoms with Crippen molar-refractivity contribution in [2.24, 2.45) is 0 Å². The average Bonchev–Trinajstić information content (AvgIpc) is 2.78. The van der Waals surface area contributed by atoms with E-state index in [4.69, 9.17) is 4.74 Å². The molecule has 1 N–H and O–H groups in total. The van der Waals surface area contributed by atoms with Crippen LogP contribution in [-0.4, -0.2) is 68.1 Å². The molecule has 7 nitrogen and oxygen atoms in total. The van der Waals surface area contributed by atoms with E-state index in [1.165, 1.54) is 12.1 Å². The van der Waals surface area contributed by atoms with Gasteiger partial charge in [0.2, 0.25) is 5.91 Å². The number of carbonyl (C=O) groups is 2. The van der Waals surface area contributed by atoms with Gasteiger partial charge in [-0.1, -0.05) is 24.3 Å². The minimum atomic E-state index is -2.99. The smallest absolute Gasteiger partial charge is 0.387 e. The van der Waals surface area contributed by atoms with Gasteiger partial charge in [-0.2, -0.15) is 8.78 Å². The molecule has 1 aliphatic rings. The fraction of sp³-hybridized carbons (Fsp3) is 0.364. The number of rotatable bonds is 8. The maximum absolute atomic E-state index is 12.7. The summed E-state index contributed by atoms with van der Waals surface area (Å²) in [5.41, 5.74) is 0.738. The number of hydrogen-bond donors (Lipinski definition) is 1. The second-order valence-corrected chi connectivity index (χ2v) is 7.01. The van der Waals surface area contributed by atoms with Crippen molar-refractivity contribution < 1.29 is 27.8 Å². The molecule has 1 aliphatic heterocycles. The molecule has 1 heterocycles. The van der Waals surface area contributed by atoms with Gasteiger partial charge in [0.25, 0.3) is 5.91 Å². The number of methoxy groups -OCH3 is 1. The third-order valence-electron chi connectivity index (χ3n) is 5.03. The second kappa shape index (κ2) is 10.7. The van der Waals surface area contributed by atoms with Crippen LogP contribution in [0, 0.1) is 0 Å². The Morgan fingerprint density at radius 2 is 1.65 bits per heavy atom. The molecule has 9 heteroatoms. The maximum atomic E-state index is 12.7. The summed E-state index contributed by atoms with van der Waals surface area (Å²) in [5.74, 6) is 0.00270. The highest BCUT2D eigenvalue weighted by atomic mass is 19.3. The van der Waals surface area contributed by atoms with Crippen molar-refractivity contribution in [3.63, 3.8) is 0 Å². The largest absolute Gasteiger partial charge is 0.495 e. The lowest BCUT2D eigenvalue weighted by Gasteiger charge is -2.34. The van der Waals surface area contributed by atoms with Crippen molar-refractivity contribution in [2.75, 3.05) is 45.2 Å². The highest BCUT2D eigenvalue weighted by molar-refractivity contribution is 5.97. The molecule has 2 amide bonds. The van der Waals surface area contributed by atoms with Gasteiger partial charge >= 0.3 is 6.61 Å². The van der Waals surface area contributed by atoms with E-state index in [9.17, 15) is 18.4 Å². The van der Waals surface area contributed by atoms with E-state index in [2.05, 4.69) is 15.0 Å². The number of nitrogens with zero attached hydrogens (tertiary/aromatic N) is 2. The Kier molecular flexibility index (Phi) is 7.77. The first-order valence-corrected chi connectivity index (χ1v) is 9.96. The third kappa shape index (κ3) is 6.14. The lowest BCUT2D eigenvalue weighted by atomic mass is 10.1. The van der Waals surface area contributed by atoms with Gasteiger partial charge < -0.3 is 19.7 Å². The first-order valence-electron chi connectivity index (χ1n) is 9.96. The van der Waals surface area contributed by atoms with E-state index < -0.39 is 6.61 Å². The van der Waals surface area contributed by atoms with E-state index in [-0.39, 0.29) is 23.1 Å². The van der Waals surface area contributed by atoms with Gasteiger partial charge in [-0.05, 0) is 24.3 Å². The van der Waals surface area contributed by atoms with Crippen LogP contribution < -0.4 is 14.8 Å². The van der Waals surface area contributed by atoms with Crippen LogP contribution in [0.4, 0.5) is 14.5 Å². The van der Waals surface area contributed by atoms with Crippen molar-refractivity contribution in [2.45, 2.75) is 13.0 Å². The van der Waals surface area contributed by atoms with Gasteiger partial charge in [-0.3, -0.25) is 14.5 Å². The monoisotopic (exact) mass is 433 g/mol. The SMILES string of the molecule is COc1ccccc1NC(=O)CCN1CCN(C(=O)c2ccccc2OC(F)F)CC1. The Balaban J connectivity index is 1.48. The molecule has 1 fully saturated rings. The predicted octanol–water partition coefficient (Wildman–Crippen LogP) is 3.08. The van der Waals surface area contributed by atoms with Gasteiger partial charge in [0.05, 0.1) is 18.4 Å². The summed E-state index contributed by atoms with van der Waals surface area (Å²) in [4.78, 5) is 28.7. The molecule has 0 bridgehead atoms. The number of piperazine rings is 1. The molecule has 0 aromatic heterocycles. The molecule has 0 unspecified atom stereocenters. The van der Waals surface area contributed by atoms with Crippen molar-refractivity contribution in [3.8, 4) is 11.5 Å². The molecule has 2 aromatic carbocycles. The normalized spacial score (nSPS) is 14.4. The summed E-state index contributed by atoms with van der Waals surface area (Å²) in [6, 6.07) is 13.2. The standard InChI is InChI=1S/C22H25F2N3O4/c1-30-19-9-5-3-7-17(19)25-20(28)10-11-26-12-14-27(15-13-26)21(29)16-6-2-4-8-18(16)31-22(23)24/h2-9,22H,10-15H2,1H3,(H,25,28). The fourth-order valence-electron chi connectivity index (χ4n) is 3.41. The molecule has 3 rings (SSSR count). The fourth-order valence-corrected chi connectivity index (χ4v) is 3.41. The first-order chi connectivity index (χ1) is 15.0. The molecule has 0 saturated carbocycles. The number of benzene rings is 2. The first kappa shape index (κ1) is 22.5. The van der Waals surface area contributed by atoms with Gasteiger partial charge in [0.1, 0.15) is 11.5 Å². The molecule has 0 spiro atoms. The Morgan fingerprint density at radius 3 is 2.32 bits per heavy atom. The lowest BCUT2D eigenvalue weighted by molar-refractivity contribution is -0.116. The summed E-state index contributed by atoms with van der Waals surface area (Å²) < 4.78 is 34.9. The maximum Gasteiger partial charge on any atom is 0.387 e. The van der Waals surface area contributed by atoms with E-state index >= 15 is 0 Å². The van der Waals surface area contributed by atoms with Crippen molar-refractivity contribution in [1.29, 1.82) is 0 Å². The van der Waals surface area contributed by atoms with Gasteiger partial charge in [0.15, 0.2) is 0 Å². The van der Waals surface area contributed by atoms with E-state index in [0.29, 0.717) is 50.6 Å². The predicted molar refractivity (Wildman–Crippen MR) is 112 cm³/mol. The molecule has 2 aromatic rings. The van der Waals surface area contributed by atoms with Crippen LogP contribution in [0.1, 0.15) is 16.8 Å². The zero-order valence-corrected chi connectivity index (χ0v) is 17.2. The zero-order valence-electron chi connectivity index (χ0n) is 17.2. The molecule has 0 radical (unpaired) electrons. The molecule has 0 aliphatic carbocycles. The topological polar surface area (TPSA) is 71.1 Å². The summed E-state index contributed by atoms with van der Waals surface area (Å²) in [5, 5.41) is 2.84. The van der Waals surface area contributed by atoms with Crippen molar-refractivity contribution in [1.82, 2.24) is 9.80 Å². The Hall–Kier alpha value is -3.20. The number of amides is 2. The van der Waals surface area contributed by atoms with Crippen LogP contribution in [-0.2, 0) is 4.79 Å². The van der Waals surface area contributed by atoms with Crippen LogP contribution in [0.25, 0.3) is 0 Å². The highest BCUT2D eigenvalue weighted by Crippen LogP contribution is 2.24. The van der Waals surface area contributed by atoms with Gasteiger partial charge in [-0.25, -0.2) is 0 Å².